The van der Waals surface area contributed by atoms with Crippen LogP contribution in [0.3, 0.4) is 0 Å². The van der Waals surface area contributed by atoms with Crippen molar-refractivity contribution in [2.24, 2.45) is 10.7 Å². The Bertz CT molecular complexity index is 3090. The Morgan fingerprint density at radius 3 is 1.93 bits per heavy atom. The molecule has 1 aliphatic carbocycles. The van der Waals surface area contributed by atoms with E-state index < -0.39 is 5.79 Å². The van der Waals surface area contributed by atoms with Gasteiger partial charge in [0.25, 0.3) is 0 Å². The van der Waals surface area contributed by atoms with Crippen molar-refractivity contribution in [3.05, 3.63) is 205 Å². The standard InChI is InChI=1S/C52H41N5/c1-35(36-16-5-2-6-17-36)55-52(54,51(53)40-30-28-39(29-31-40)37-18-7-3-8-19-37)57-48-27-14-12-25-44(48)46-33-32-45-43-24-11-13-26-47(43)56(49(45)50(46)57)42-23-15-22-41(34-42)38-20-9-4-10-21-38/h2,4-7,9-34,53H,3,8,54H2,1H3/b53-51?,55-35+. The molecule has 0 bridgehead atoms. The zero-order chi connectivity index (χ0) is 38.5. The van der Waals surface area contributed by atoms with Crippen molar-refractivity contribution in [3.8, 4) is 16.8 Å². The number of nitrogens with one attached hydrogen (secondary N) is 1. The molecule has 0 radical (unpaired) electrons. The van der Waals surface area contributed by atoms with E-state index in [4.69, 9.17) is 10.7 Å². The highest BCUT2D eigenvalue weighted by atomic mass is 15.3. The number of para-hydroxylation sites is 2. The van der Waals surface area contributed by atoms with E-state index in [1.165, 1.54) is 5.57 Å². The van der Waals surface area contributed by atoms with Crippen LogP contribution >= 0.6 is 0 Å². The molecule has 0 saturated carbocycles. The zero-order valence-electron chi connectivity index (χ0n) is 31.7. The predicted molar refractivity (Wildman–Crippen MR) is 240 cm³/mol. The van der Waals surface area contributed by atoms with Crippen LogP contribution in [0.1, 0.15) is 36.5 Å². The zero-order valence-corrected chi connectivity index (χ0v) is 31.7. The van der Waals surface area contributed by atoms with Crippen molar-refractivity contribution in [3.63, 3.8) is 0 Å². The van der Waals surface area contributed by atoms with Crippen molar-refractivity contribution >= 4 is 60.6 Å². The van der Waals surface area contributed by atoms with Crippen molar-refractivity contribution in [1.82, 2.24) is 9.13 Å². The van der Waals surface area contributed by atoms with Gasteiger partial charge in [-0.3, -0.25) is 15.7 Å². The van der Waals surface area contributed by atoms with Gasteiger partial charge in [-0.1, -0.05) is 164 Å². The molecule has 0 spiro atoms. The molecule has 9 aromatic rings. The first kappa shape index (κ1) is 34.4. The van der Waals surface area contributed by atoms with Gasteiger partial charge in [0, 0.05) is 38.5 Å². The fourth-order valence-corrected chi connectivity index (χ4v) is 8.66. The van der Waals surface area contributed by atoms with Crippen LogP contribution in [0.25, 0.3) is 66.0 Å². The number of aromatic nitrogens is 2. The number of rotatable bonds is 8. The molecule has 57 heavy (non-hydrogen) atoms. The third-order valence-electron chi connectivity index (χ3n) is 11.4. The molecule has 274 valence electrons. The number of hydrogen-bond donors (Lipinski definition) is 2. The first-order valence-corrected chi connectivity index (χ1v) is 19.6. The van der Waals surface area contributed by atoms with Gasteiger partial charge >= 0.3 is 0 Å². The van der Waals surface area contributed by atoms with Crippen molar-refractivity contribution in [1.29, 1.82) is 5.41 Å². The normalized spacial score (nSPS) is 14.4. The summed E-state index contributed by atoms with van der Waals surface area (Å²) in [5.74, 6) is -1.66. The van der Waals surface area contributed by atoms with Gasteiger partial charge in [-0.05, 0) is 71.9 Å². The fourth-order valence-electron chi connectivity index (χ4n) is 8.66. The van der Waals surface area contributed by atoms with Gasteiger partial charge < -0.3 is 4.57 Å². The van der Waals surface area contributed by atoms with Gasteiger partial charge in [-0.2, -0.15) is 0 Å². The lowest BCUT2D eigenvalue weighted by atomic mass is 9.96. The maximum absolute atomic E-state index is 10.1. The van der Waals surface area contributed by atoms with E-state index in [1.54, 1.807) is 0 Å². The molecule has 2 aromatic heterocycles. The highest BCUT2D eigenvalue weighted by molar-refractivity contribution is 6.24. The Hall–Kier alpha value is -7.08. The summed E-state index contributed by atoms with van der Waals surface area (Å²) in [6.07, 6.45) is 8.77. The fraction of sp³-hybridized carbons (Fsp3) is 0.0769. The van der Waals surface area contributed by atoms with Gasteiger partial charge in [-0.25, -0.2) is 4.99 Å². The molecule has 7 aromatic carbocycles. The minimum Gasteiger partial charge on any atom is -0.307 e. The highest BCUT2D eigenvalue weighted by Crippen LogP contribution is 2.43. The highest BCUT2D eigenvalue weighted by Gasteiger charge is 2.38. The van der Waals surface area contributed by atoms with E-state index in [2.05, 4.69) is 149 Å². The van der Waals surface area contributed by atoms with E-state index in [1.807, 2.05) is 55.5 Å². The van der Waals surface area contributed by atoms with E-state index in [9.17, 15) is 5.41 Å². The van der Waals surface area contributed by atoms with Crippen LogP contribution in [0.15, 0.2) is 193 Å². The van der Waals surface area contributed by atoms with Crippen molar-refractivity contribution < 1.29 is 0 Å². The lowest BCUT2D eigenvalue weighted by Gasteiger charge is -2.31. The van der Waals surface area contributed by atoms with Crippen LogP contribution < -0.4 is 5.73 Å². The smallest absolute Gasteiger partial charge is 0.233 e. The van der Waals surface area contributed by atoms with Crippen LogP contribution in [-0.2, 0) is 5.79 Å². The first-order chi connectivity index (χ1) is 28.0. The van der Waals surface area contributed by atoms with E-state index in [0.717, 1.165) is 90.1 Å². The molecule has 10 rings (SSSR count). The Morgan fingerprint density at radius 2 is 1.21 bits per heavy atom. The third kappa shape index (κ3) is 5.74. The Morgan fingerprint density at radius 1 is 0.579 bits per heavy atom. The Labute approximate surface area is 331 Å². The van der Waals surface area contributed by atoms with Gasteiger partial charge in [0.15, 0.2) is 0 Å². The van der Waals surface area contributed by atoms with Crippen molar-refractivity contribution in [2.45, 2.75) is 25.6 Å². The van der Waals surface area contributed by atoms with Crippen LogP contribution in [-0.4, -0.2) is 20.6 Å². The van der Waals surface area contributed by atoms with Gasteiger partial charge in [0.05, 0.1) is 22.1 Å². The van der Waals surface area contributed by atoms with E-state index >= 15 is 0 Å². The summed E-state index contributed by atoms with van der Waals surface area (Å²) in [4.78, 5) is 5.43. The van der Waals surface area contributed by atoms with Crippen molar-refractivity contribution in [2.75, 3.05) is 0 Å². The summed E-state index contributed by atoms with van der Waals surface area (Å²) in [6.45, 7) is 1.99. The molecule has 3 N–H and O–H groups in total. The number of aliphatic imine (C=N–C) groups is 1. The Balaban J connectivity index is 1.30. The van der Waals surface area contributed by atoms with Crippen LogP contribution in [0.2, 0.25) is 0 Å². The SMILES string of the molecule is C/C(=N\C(N)(C(=N)c1ccc(C2=CCCC=C2)cc1)n1c2ccccc2c2ccc3c4ccccc4n(-c4cccc(-c5ccccc5)c4)c3c21)c1ccccc1. The monoisotopic (exact) mass is 735 g/mol. The second kappa shape index (κ2) is 13.9. The van der Waals surface area contributed by atoms with Crippen LogP contribution in [0, 0.1) is 5.41 Å². The summed E-state index contributed by atoms with van der Waals surface area (Å²) in [5.41, 5.74) is 20.0. The number of benzene rings is 7. The molecule has 1 unspecified atom stereocenters. The largest absolute Gasteiger partial charge is 0.307 e. The molecule has 2 heterocycles. The molecule has 0 aliphatic heterocycles. The predicted octanol–water partition coefficient (Wildman–Crippen LogP) is 12.4. The lowest BCUT2D eigenvalue weighted by Crippen LogP contribution is -2.49. The molecule has 0 amide bonds. The summed E-state index contributed by atoms with van der Waals surface area (Å²) in [5, 5.41) is 14.5. The van der Waals surface area contributed by atoms with Crippen LogP contribution in [0.4, 0.5) is 0 Å². The molecule has 1 atom stereocenters. The lowest BCUT2D eigenvalue weighted by molar-refractivity contribution is 0.468. The molecule has 0 fully saturated rings. The molecule has 5 heteroatoms. The maximum atomic E-state index is 10.1. The van der Waals surface area contributed by atoms with E-state index in [0.29, 0.717) is 5.56 Å². The van der Waals surface area contributed by atoms with Gasteiger partial charge in [0.2, 0.25) is 5.79 Å². The maximum Gasteiger partial charge on any atom is 0.233 e. The number of nitrogens with zero attached hydrogens (tertiary/aromatic N) is 3. The molecular weight excluding hydrogens is 695 g/mol. The number of nitrogens with two attached hydrogens (primary N) is 1. The summed E-state index contributed by atoms with van der Waals surface area (Å²) >= 11 is 0. The summed E-state index contributed by atoms with van der Waals surface area (Å²) in [7, 11) is 0. The van der Waals surface area contributed by atoms with Gasteiger partial charge in [-0.15, -0.1) is 0 Å². The van der Waals surface area contributed by atoms with E-state index in [-0.39, 0.29) is 5.71 Å². The topological polar surface area (TPSA) is 72.1 Å². The number of allylic oxidation sites excluding steroid dienone is 4. The average Bonchev–Trinajstić information content (AvgIpc) is 3.81. The number of fused-ring (bicyclic) bond motifs is 7. The molecular formula is C52H41N5. The molecule has 0 saturated heterocycles. The Kier molecular flexibility index (Phi) is 8.39. The van der Waals surface area contributed by atoms with Gasteiger partial charge in [0.1, 0.15) is 5.71 Å². The first-order valence-electron chi connectivity index (χ1n) is 19.6. The summed E-state index contributed by atoms with van der Waals surface area (Å²) in [6, 6.07) is 59.0. The average molecular weight is 736 g/mol. The quantitative estimate of drug-likeness (QED) is 0.150. The second-order valence-electron chi connectivity index (χ2n) is 14.9. The minimum atomic E-state index is -1.66. The molecule has 5 nitrogen and oxygen atoms in total. The summed E-state index contributed by atoms with van der Waals surface area (Å²) < 4.78 is 4.50. The molecule has 1 aliphatic rings. The van der Waals surface area contributed by atoms with Crippen LogP contribution in [0.5, 0.6) is 0 Å². The second-order valence-corrected chi connectivity index (χ2v) is 14.9. The number of hydrogen-bond acceptors (Lipinski definition) is 3. The third-order valence-corrected chi connectivity index (χ3v) is 11.4. The minimum absolute atomic E-state index is 0.200.